The molecule has 0 spiro atoms. The summed E-state index contributed by atoms with van der Waals surface area (Å²) in [5.41, 5.74) is 1.84. The summed E-state index contributed by atoms with van der Waals surface area (Å²) in [5, 5.41) is 6.35. The van der Waals surface area contributed by atoms with Crippen LogP contribution in [0.2, 0.25) is 0 Å². The summed E-state index contributed by atoms with van der Waals surface area (Å²) in [6.45, 7) is 1.35. The van der Waals surface area contributed by atoms with Crippen molar-refractivity contribution >= 4 is 16.9 Å². The number of amides is 2. The zero-order valence-corrected chi connectivity index (χ0v) is 15.1. The third kappa shape index (κ3) is 4.11. The largest absolute Gasteiger partial charge is 0.492 e. The van der Waals surface area contributed by atoms with Crippen LogP contribution >= 0.6 is 0 Å². The minimum absolute atomic E-state index is 0.216. The number of urea groups is 1. The van der Waals surface area contributed by atoms with Crippen molar-refractivity contribution in [3.05, 3.63) is 54.0 Å². The lowest BCUT2D eigenvalue weighted by Gasteiger charge is -2.09. The van der Waals surface area contributed by atoms with Crippen LogP contribution in [0.5, 0.6) is 17.2 Å². The van der Waals surface area contributed by atoms with Crippen molar-refractivity contribution in [2.75, 3.05) is 26.5 Å². The van der Waals surface area contributed by atoms with E-state index in [0.717, 1.165) is 16.5 Å². The van der Waals surface area contributed by atoms with E-state index >= 15 is 0 Å². The summed E-state index contributed by atoms with van der Waals surface area (Å²) in [6.07, 6.45) is 2.44. The smallest absolute Gasteiger partial charge is 0.314 e. The molecule has 1 aliphatic rings. The number of carbonyl (C=O) groups excluding carboxylic acids is 1. The lowest BCUT2D eigenvalue weighted by Crippen LogP contribution is -2.38. The summed E-state index contributed by atoms with van der Waals surface area (Å²) in [6, 6.07) is 9.67. The molecule has 0 radical (unpaired) electrons. The Morgan fingerprint density at radius 1 is 1.11 bits per heavy atom. The van der Waals surface area contributed by atoms with Gasteiger partial charge in [0, 0.05) is 29.7 Å². The number of halogens is 1. The van der Waals surface area contributed by atoms with Gasteiger partial charge in [-0.15, -0.1) is 0 Å². The van der Waals surface area contributed by atoms with Gasteiger partial charge in [-0.25, -0.2) is 9.18 Å². The number of H-pyrrole nitrogens is 1. The predicted molar refractivity (Wildman–Crippen MR) is 101 cm³/mol. The van der Waals surface area contributed by atoms with E-state index in [4.69, 9.17) is 14.2 Å². The first-order chi connectivity index (χ1) is 13.7. The van der Waals surface area contributed by atoms with Crippen LogP contribution in [0.15, 0.2) is 42.6 Å². The number of aromatic nitrogens is 1. The van der Waals surface area contributed by atoms with Gasteiger partial charge >= 0.3 is 6.03 Å². The Labute approximate surface area is 160 Å². The van der Waals surface area contributed by atoms with Crippen LogP contribution in [0.1, 0.15) is 5.56 Å². The van der Waals surface area contributed by atoms with Gasteiger partial charge in [0.25, 0.3) is 0 Å². The molecule has 4 rings (SSSR count). The lowest BCUT2D eigenvalue weighted by molar-refractivity contribution is 0.173. The van der Waals surface area contributed by atoms with Gasteiger partial charge in [0.1, 0.15) is 18.2 Å². The average molecular weight is 385 g/mol. The van der Waals surface area contributed by atoms with Crippen LogP contribution in [0.4, 0.5) is 9.18 Å². The summed E-state index contributed by atoms with van der Waals surface area (Å²) in [4.78, 5) is 15.0. The summed E-state index contributed by atoms with van der Waals surface area (Å²) < 4.78 is 29.5. The highest BCUT2D eigenvalue weighted by atomic mass is 19.1. The van der Waals surface area contributed by atoms with Gasteiger partial charge in [-0.05, 0) is 42.3 Å². The SMILES string of the molecule is O=C(NCCOc1ccc2c(c1)OCO2)NCCc1c[nH]c2ccc(F)cc12. The third-order valence-corrected chi connectivity index (χ3v) is 4.41. The molecule has 3 aromatic rings. The normalized spacial score (nSPS) is 12.2. The molecule has 0 aliphatic carbocycles. The maximum absolute atomic E-state index is 13.4. The average Bonchev–Trinajstić information content (AvgIpc) is 3.31. The van der Waals surface area contributed by atoms with Crippen molar-refractivity contribution in [2.24, 2.45) is 0 Å². The molecule has 0 fully saturated rings. The van der Waals surface area contributed by atoms with Crippen LogP contribution in [0.25, 0.3) is 10.9 Å². The van der Waals surface area contributed by atoms with E-state index in [1.165, 1.54) is 12.1 Å². The van der Waals surface area contributed by atoms with Gasteiger partial charge in [0.2, 0.25) is 6.79 Å². The van der Waals surface area contributed by atoms with Gasteiger partial charge in [0.15, 0.2) is 11.5 Å². The Hall–Kier alpha value is -3.42. The van der Waals surface area contributed by atoms with Crippen molar-refractivity contribution < 1.29 is 23.4 Å². The minimum Gasteiger partial charge on any atom is -0.492 e. The number of carbonyl (C=O) groups is 1. The van der Waals surface area contributed by atoms with E-state index in [1.54, 1.807) is 24.3 Å². The van der Waals surface area contributed by atoms with Crippen molar-refractivity contribution in [3.63, 3.8) is 0 Å². The van der Waals surface area contributed by atoms with E-state index < -0.39 is 0 Å². The first-order valence-electron chi connectivity index (χ1n) is 8.99. The Balaban J connectivity index is 1.16. The number of rotatable bonds is 7. The molecule has 0 bridgehead atoms. The zero-order valence-electron chi connectivity index (χ0n) is 15.1. The number of aromatic amines is 1. The molecule has 3 N–H and O–H groups in total. The first kappa shape index (κ1) is 18.0. The Morgan fingerprint density at radius 3 is 2.89 bits per heavy atom. The summed E-state index contributed by atoms with van der Waals surface area (Å²) >= 11 is 0. The maximum Gasteiger partial charge on any atom is 0.314 e. The molecule has 1 aromatic heterocycles. The Morgan fingerprint density at radius 2 is 1.96 bits per heavy atom. The number of hydrogen-bond donors (Lipinski definition) is 3. The summed E-state index contributed by atoms with van der Waals surface area (Å²) in [5.74, 6) is 1.72. The molecule has 1 aliphatic heterocycles. The van der Waals surface area contributed by atoms with Crippen molar-refractivity contribution in [2.45, 2.75) is 6.42 Å². The third-order valence-electron chi connectivity index (χ3n) is 4.41. The molecule has 8 heteroatoms. The molecule has 28 heavy (non-hydrogen) atoms. The van der Waals surface area contributed by atoms with Gasteiger partial charge < -0.3 is 29.8 Å². The number of benzene rings is 2. The lowest BCUT2D eigenvalue weighted by atomic mass is 10.1. The van der Waals surface area contributed by atoms with E-state index in [1.807, 2.05) is 6.20 Å². The van der Waals surface area contributed by atoms with Crippen LogP contribution in [-0.4, -0.2) is 37.5 Å². The molecule has 7 nitrogen and oxygen atoms in total. The molecule has 2 aromatic carbocycles. The number of ether oxygens (including phenoxy) is 3. The maximum atomic E-state index is 13.4. The monoisotopic (exact) mass is 385 g/mol. The number of nitrogens with one attached hydrogen (secondary N) is 3. The summed E-state index contributed by atoms with van der Waals surface area (Å²) in [7, 11) is 0. The fourth-order valence-electron chi connectivity index (χ4n) is 3.03. The van der Waals surface area contributed by atoms with Crippen molar-refractivity contribution in [1.29, 1.82) is 0 Å². The van der Waals surface area contributed by atoms with Crippen LogP contribution in [-0.2, 0) is 6.42 Å². The molecular weight excluding hydrogens is 365 g/mol. The minimum atomic E-state index is -0.277. The fourth-order valence-corrected chi connectivity index (χ4v) is 3.03. The van der Waals surface area contributed by atoms with Crippen LogP contribution in [0.3, 0.4) is 0 Å². The van der Waals surface area contributed by atoms with E-state index in [0.29, 0.717) is 43.4 Å². The molecule has 0 saturated carbocycles. The highest BCUT2D eigenvalue weighted by molar-refractivity contribution is 5.83. The van der Waals surface area contributed by atoms with Gasteiger partial charge in [-0.2, -0.15) is 0 Å². The topological polar surface area (TPSA) is 84.6 Å². The van der Waals surface area contributed by atoms with E-state index in [9.17, 15) is 9.18 Å². The number of hydrogen-bond acceptors (Lipinski definition) is 4. The number of fused-ring (bicyclic) bond motifs is 2. The molecule has 0 saturated heterocycles. The Kier molecular flexibility index (Phi) is 5.18. The van der Waals surface area contributed by atoms with E-state index in [2.05, 4.69) is 15.6 Å². The zero-order chi connectivity index (χ0) is 19.3. The second-order valence-corrected chi connectivity index (χ2v) is 6.30. The first-order valence-corrected chi connectivity index (χ1v) is 8.99. The molecule has 0 unspecified atom stereocenters. The van der Waals surface area contributed by atoms with Crippen molar-refractivity contribution in [1.82, 2.24) is 15.6 Å². The fraction of sp³-hybridized carbons (Fsp3) is 0.250. The molecule has 0 atom stereocenters. The van der Waals surface area contributed by atoms with Gasteiger partial charge in [-0.3, -0.25) is 0 Å². The Bertz CT molecular complexity index is 989. The highest BCUT2D eigenvalue weighted by Crippen LogP contribution is 2.34. The van der Waals surface area contributed by atoms with E-state index in [-0.39, 0.29) is 18.6 Å². The molecule has 2 heterocycles. The van der Waals surface area contributed by atoms with Crippen molar-refractivity contribution in [3.8, 4) is 17.2 Å². The van der Waals surface area contributed by atoms with Crippen LogP contribution < -0.4 is 24.8 Å². The van der Waals surface area contributed by atoms with Crippen LogP contribution in [0, 0.1) is 5.82 Å². The van der Waals surface area contributed by atoms with Gasteiger partial charge in [-0.1, -0.05) is 0 Å². The van der Waals surface area contributed by atoms with Gasteiger partial charge in [0.05, 0.1) is 6.54 Å². The predicted octanol–water partition coefficient (Wildman–Crippen LogP) is 2.96. The highest BCUT2D eigenvalue weighted by Gasteiger charge is 2.13. The molecule has 146 valence electrons. The second kappa shape index (κ2) is 8.08. The standard InChI is InChI=1S/C20H20FN3O4/c21-14-1-3-17-16(9-14)13(11-24-17)5-6-22-20(25)23-7-8-26-15-2-4-18-19(10-15)28-12-27-18/h1-4,9-11,24H,5-8,12H2,(H2,22,23,25). The molecule has 2 amide bonds. The molecular formula is C20H20FN3O4. The second-order valence-electron chi connectivity index (χ2n) is 6.30. The quantitative estimate of drug-likeness (QED) is 0.546.